The Morgan fingerprint density at radius 2 is 2.26 bits per heavy atom. The summed E-state index contributed by atoms with van der Waals surface area (Å²) >= 11 is 0. The molecule has 3 rings (SSSR count). The molecule has 1 atom stereocenters. The van der Waals surface area contributed by atoms with Gasteiger partial charge in [-0.25, -0.2) is 0 Å². The van der Waals surface area contributed by atoms with E-state index in [1.165, 1.54) is 0 Å². The molecule has 19 heavy (non-hydrogen) atoms. The van der Waals surface area contributed by atoms with Crippen molar-refractivity contribution in [2.24, 2.45) is 11.3 Å². The summed E-state index contributed by atoms with van der Waals surface area (Å²) in [5, 5.41) is 6.30. The summed E-state index contributed by atoms with van der Waals surface area (Å²) in [6.45, 7) is 6.59. The minimum atomic E-state index is 0.132. The topological polar surface area (TPSA) is 50.4 Å². The molecule has 0 aromatic heterocycles. The SMILES string of the molecule is CC1(C)CC1C(=O)Nc1ccc2c(c1)CNCCO2. The Bertz CT molecular complexity index is 511. The maximum Gasteiger partial charge on any atom is 0.228 e. The van der Waals surface area contributed by atoms with Crippen molar-refractivity contribution < 1.29 is 9.53 Å². The van der Waals surface area contributed by atoms with Crippen LogP contribution in [0.4, 0.5) is 5.69 Å². The number of ether oxygens (including phenoxy) is 1. The van der Waals surface area contributed by atoms with Crippen LogP contribution in [-0.2, 0) is 11.3 Å². The molecule has 1 fully saturated rings. The van der Waals surface area contributed by atoms with Crippen LogP contribution in [0, 0.1) is 11.3 Å². The zero-order chi connectivity index (χ0) is 13.5. The van der Waals surface area contributed by atoms with E-state index < -0.39 is 0 Å². The molecular weight excluding hydrogens is 240 g/mol. The molecule has 102 valence electrons. The minimum Gasteiger partial charge on any atom is -0.492 e. The van der Waals surface area contributed by atoms with Crippen molar-refractivity contribution in [3.63, 3.8) is 0 Å². The van der Waals surface area contributed by atoms with Gasteiger partial charge in [0.25, 0.3) is 0 Å². The number of carbonyl (C=O) groups is 1. The lowest BCUT2D eigenvalue weighted by Gasteiger charge is -2.10. The first-order chi connectivity index (χ1) is 9.06. The van der Waals surface area contributed by atoms with E-state index in [1.54, 1.807) is 0 Å². The minimum absolute atomic E-state index is 0.132. The Kier molecular flexibility index (Phi) is 2.97. The number of nitrogens with one attached hydrogen (secondary N) is 2. The predicted octanol–water partition coefficient (Wildman–Crippen LogP) is 2.15. The first-order valence-electron chi connectivity index (χ1n) is 6.83. The summed E-state index contributed by atoms with van der Waals surface area (Å²) in [6.07, 6.45) is 0.981. The molecule has 1 heterocycles. The molecule has 2 N–H and O–H groups in total. The highest BCUT2D eigenvalue weighted by atomic mass is 16.5. The molecule has 1 aromatic rings. The molecule has 1 unspecified atom stereocenters. The van der Waals surface area contributed by atoms with Gasteiger partial charge in [0.2, 0.25) is 5.91 Å². The molecule has 0 spiro atoms. The van der Waals surface area contributed by atoms with Crippen molar-refractivity contribution in [1.82, 2.24) is 5.32 Å². The van der Waals surface area contributed by atoms with E-state index in [9.17, 15) is 4.79 Å². The fraction of sp³-hybridized carbons (Fsp3) is 0.533. The van der Waals surface area contributed by atoms with Crippen LogP contribution in [0.1, 0.15) is 25.8 Å². The second-order valence-electron chi connectivity index (χ2n) is 6.08. The lowest BCUT2D eigenvalue weighted by molar-refractivity contribution is -0.118. The van der Waals surface area contributed by atoms with Gasteiger partial charge in [-0.1, -0.05) is 13.8 Å². The van der Waals surface area contributed by atoms with Crippen LogP contribution in [0.15, 0.2) is 18.2 Å². The number of rotatable bonds is 2. The summed E-state index contributed by atoms with van der Waals surface area (Å²) in [5.74, 6) is 1.20. The number of carbonyl (C=O) groups excluding carboxylic acids is 1. The van der Waals surface area contributed by atoms with Gasteiger partial charge in [0, 0.05) is 30.3 Å². The van der Waals surface area contributed by atoms with Gasteiger partial charge >= 0.3 is 0 Å². The monoisotopic (exact) mass is 260 g/mol. The fourth-order valence-electron chi connectivity index (χ4n) is 2.54. The van der Waals surface area contributed by atoms with Crippen molar-refractivity contribution in [3.05, 3.63) is 23.8 Å². The van der Waals surface area contributed by atoms with Gasteiger partial charge in [0.15, 0.2) is 0 Å². The molecule has 4 nitrogen and oxygen atoms in total. The Hall–Kier alpha value is -1.55. The lowest BCUT2D eigenvalue weighted by atomic mass is 10.1. The van der Waals surface area contributed by atoms with Crippen LogP contribution in [0.25, 0.3) is 0 Å². The number of hydrogen-bond acceptors (Lipinski definition) is 3. The Morgan fingerprint density at radius 3 is 3.00 bits per heavy atom. The summed E-state index contributed by atoms with van der Waals surface area (Å²) in [4.78, 5) is 12.1. The van der Waals surface area contributed by atoms with Crippen molar-refractivity contribution in [2.75, 3.05) is 18.5 Å². The van der Waals surface area contributed by atoms with Crippen molar-refractivity contribution in [3.8, 4) is 5.75 Å². The molecule has 0 saturated heterocycles. The van der Waals surface area contributed by atoms with E-state index in [1.807, 2.05) is 18.2 Å². The molecule has 1 aromatic carbocycles. The molecular formula is C15H20N2O2. The van der Waals surface area contributed by atoms with Crippen LogP contribution in [0.5, 0.6) is 5.75 Å². The Balaban J connectivity index is 1.72. The molecule has 1 aliphatic heterocycles. The van der Waals surface area contributed by atoms with Crippen molar-refractivity contribution >= 4 is 11.6 Å². The molecule has 1 saturated carbocycles. The fourth-order valence-corrected chi connectivity index (χ4v) is 2.54. The Labute approximate surface area is 113 Å². The van der Waals surface area contributed by atoms with Gasteiger partial charge < -0.3 is 15.4 Å². The number of hydrogen-bond donors (Lipinski definition) is 2. The third-order valence-corrected chi connectivity index (χ3v) is 4.01. The summed E-state index contributed by atoms with van der Waals surface area (Å²) in [6, 6.07) is 5.86. The molecule has 0 radical (unpaired) electrons. The van der Waals surface area contributed by atoms with Gasteiger partial charge in [-0.3, -0.25) is 4.79 Å². The largest absolute Gasteiger partial charge is 0.492 e. The average Bonchev–Trinajstić information content (AvgIpc) is 3.06. The second kappa shape index (κ2) is 4.53. The second-order valence-corrected chi connectivity index (χ2v) is 6.08. The third kappa shape index (κ3) is 2.59. The summed E-state index contributed by atoms with van der Waals surface area (Å²) in [7, 11) is 0. The van der Waals surface area contributed by atoms with Gasteiger partial charge in [-0.15, -0.1) is 0 Å². The van der Waals surface area contributed by atoms with Crippen molar-refractivity contribution in [2.45, 2.75) is 26.8 Å². The van der Waals surface area contributed by atoms with Gasteiger partial charge in [-0.2, -0.15) is 0 Å². The van der Waals surface area contributed by atoms with E-state index in [-0.39, 0.29) is 17.2 Å². The zero-order valence-corrected chi connectivity index (χ0v) is 11.5. The molecule has 1 amide bonds. The maximum absolute atomic E-state index is 12.1. The predicted molar refractivity (Wildman–Crippen MR) is 74.2 cm³/mol. The van der Waals surface area contributed by atoms with Crippen LogP contribution in [0.2, 0.25) is 0 Å². The maximum atomic E-state index is 12.1. The number of amides is 1. The van der Waals surface area contributed by atoms with E-state index >= 15 is 0 Å². The average molecular weight is 260 g/mol. The van der Waals surface area contributed by atoms with E-state index in [4.69, 9.17) is 4.74 Å². The smallest absolute Gasteiger partial charge is 0.228 e. The molecule has 1 aliphatic carbocycles. The summed E-state index contributed by atoms with van der Waals surface area (Å²) in [5.41, 5.74) is 2.13. The van der Waals surface area contributed by atoms with Gasteiger partial charge in [-0.05, 0) is 30.0 Å². The highest BCUT2D eigenvalue weighted by molar-refractivity contribution is 5.95. The first kappa shape index (κ1) is 12.5. The molecule has 4 heteroatoms. The third-order valence-electron chi connectivity index (χ3n) is 4.01. The first-order valence-corrected chi connectivity index (χ1v) is 6.83. The highest BCUT2D eigenvalue weighted by Gasteiger charge is 2.50. The number of fused-ring (bicyclic) bond motifs is 1. The number of anilines is 1. The van der Waals surface area contributed by atoms with E-state index in [0.717, 1.165) is 36.5 Å². The highest BCUT2D eigenvalue weighted by Crippen LogP contribution is 2.52. The molecule has 2 aliphatic rings. The van der Waals surface area contributed by atoms with Crippen molar-refractivity contribution in [1.29, 1.82) is 0 Å². The van der Waals surface area contributed by atoms with Crippen LogP contribution >= 0.6 is 0 Å². The van der Waals surface area contributed by atoms with Crippen LogP contribution in [0.3, 0.4) is 0 Å². The van der Waals surface area contributed by atoms with Crippen LogP contribution < -0.4 is 15.4 Å². The normalized spacial score (nSPS) is 23.8. The quantitative estimate of drug-likeness (QED) is 0.856. The van der Waals surface area contributed by atoms with Gasteiger partial charge in [0.1, 0.15) is 12.4 Å². The lowest BCUT2D eigenvalue weighted by Crippen LogP contribution is -2.17. The van der Waals surface area contributed by atoms with Gasteiger partial charge in [0.05, 0.1) is 0 Å². The zero-order valence-electron chi connectivity index (χ0n) is 11.5. The summed E-state index contributed by atoms with van der Waals surface area (Å²) < 4.78 is 5.63. The van der Waals surface area contributed by atoms with E-state index in [0.29, 0.717) is 6.61 Å². The molecule has 0 bridgehead atoms. The number of benzene rings is 1. The Morgan fingerprint density at radius 1 is 1.47 bits per heavy atom. The van der Waals surface area contributed by atoms with Crippen LogP contribution in [-0.4, -0.2) is 19.1 Å². The standard InChI is InChI=1S/C15H20N2O2/c1-15(2)8-12(15)14(18)17-11-3-4-13-10(7-11)9-16-5-6-19-13/h3-4,7,12,16H,5-6,8-9H2,1-2H3,(H,17,18). The van der Waals surface area contributed by atoms with E-state index in [2.05, 4.69) is 24.5 Å².